The highest BCUT2D eigenvalue weighted by atomic mass is 16.6. The Kier molecular flexibility index (Phi) is 9.01. The molecule has 0 saturated heterocycles. The van der Waals surface area contributed by atoms with E-state index >= 15 is 0 Å². The molecule has 182 valence electrons. The van der Waals surface area contributed by atoms with Crippen LogP contribution < -0.4 is 18.9 Å². The van der Waals surface area contributed by atoms with E-state index in [1.807, 2.05) is 13.0 Å². The zero-order chi connectivity index (χ0) is 25.2. The van der Waals surface area contributed by atoms with Crippen molar-refractivity contribution < 1.29 is 33.3 Å². The van der Waals surface area contributed by atoms with Crippen LogP contribution in [0.2, 0.25) is 0 Å². The molecule has 7 heteroatoms. The van der Waals surface area contributed by atoms with Crippen LogP contribution >= 0.6 is 0 Å². The molecular formula is C28H28O7. The second-order valence-electron chi connectivity index (χ2n) is 7.83. The van der Waals surface area contributed by atoms with Crippen LogP contribution in [0, 0.1) is 11.8 Å². The summed E-state index contributed by atoms with van der Waals surface area (Å²) in [4.78, 5) is 39.4. The fourth-order valence-electron chi connectivity index (χ4n) is 3.61. The Labute approximate surface area is 204 Å². The number of Topliss-reactive ketones (excluding diaryl/α,β-unsaturated/α-hetero) is 1. The minimum Gasteiger partial charge on any atom is -0.497 e. The smallest absolute Gasteiger partial charge is 0.326 e. The first-order valence-electron chi connectivity index (χ1n) is 11.2. The largest absolute Gasteiger partial charge is 0.497 e. The molecule has 0 heterocycles. The van der Waals surface area contributed by atoms with Gasteiger partial charge in [0, 0.05) is 12.0 Å². The van der Waals surface area contributed by atoms with Crippen LogP contribution in [0.3, 0.4) is 0 Å². The molecule has 0 fully saturated rings. The second-order valence-corrected chi connectivity index (χ2v) is 7.83. The summed E-state index contributed by atoms with van der Waals surface area (Å²) in [6.45, 7) is 1.82. The summed E-state index contributed by atoms with van der Waals surface area (Å²) in [5.41, 5.74) is 0.511. The molecule has 0 spiro atoms. The molecule has 35 heavy (non-hydrogen) atoms. The predicted molar refractivity (Wildman–Crippen MR) is 130 cm³/mol. The minimum atomic E-state index is -1.31. The van der Waals surface area contributed by atoms with Crippen LogP contribution in [-0.2, 0) is 9.59 Å². The Bertz CT molecular complexity index is 1060. The van der Waals surface area contributed by atoms with E-state index in [0.717, 1.165) is 0 Å². The van der Waals surface area contributed by atoms with Crippen LogP contribution in [-0.4, -0.2) is 31.9 Å². The third kappa shape index (κ3) is 6.93. The van der Waals surface area contributed by atoms with Gasteiger partial charge in [0.05, 0.1) is 14.2 Å². The highest BCUT2D eigenvalue weighted by Gasteiger charge is 2.38. The van der Waals surface area contributed by atoms with E-state index in [4.69, 9.17) is 18.9 Å². The summed E-state index contributed by atoms with van der Waals surface area (Å²) < 4.78 is 21.3. The van der Waals surface area contributed by atoms with E-state index in [0.29, 0.717) is 23.5 Å². The van der Waals surface area contributed by atoms with Gasteiger partial charge in [-0.2, -0.15) is 0 Å². The molecule has 0 radical (unpaired) electrons. The van der Waals surface area contributed by atoms with Gasteiger partial charge in [-0.25, -0.2) is 0 Å². The lowest BCUT2D eigenvalue weighted by atomic mass is 9.84. The fraction of sp³-hybridized carbons (Fsp3) is 0.250. The second kappa shape index (κ2) is 12.4. The molecule has 3 aromatic rings. The molecule has 0 unspecified atom stereocenters. The fourth-order valence-corrected chi connectivity index (χ4v) is 3.61. The van der Waals surface area contributed by atoms with Crippen molar-refractivity contribution in [3.05, 3.63) is 84.4 Å². The summed E-state index contributed by atoms with van der Waals surface area (Å²) in [5.74, 6) is -1.99. The van der Waals surface area contributed by atoms with Crippen molar-refractivity contribution in [2.24, 2.45) is 11.8 Å². The lowest BCUT2D eigenvalue weighted by molar-refractivity contribution is -0.154. The maximum absolute atomic E-state index is 13.2. The van der Waals surface area contributed by atoms with Gasteiger partial charge >= 0.3 is 11.9 Å². The Morgan fingerprint density at radius 1 is 0.657 bits per heavy atom. The lowest BCUT2D eigenvalue weighted by Crippen LogP contribution is -2.38. The molecule has 0 aliphatic carbocycles. The monoisotopic (exact) mass is 476 g/mol. The first-order chi connectivity index (χ1) is 16.9. The maximum atomic E-state index is 13.2. The average Bonchev–Trinajstić information content (AvgIpc) is 2.89. The molecule has 7 nitrogen and oxygen atoms in total. The Balaban J connectivity index is 1.84. The SMILES string of the molecule is CC[C@H](CC(=O)c1ccccc1)C(C(=O)Oc1ccc(OC)cc1)C(=O)Oc1ccc(OC)cc1. The highest BCUT2D eigenvalue weighted by Crippen LogP contribution is 2.28. The molecule has 0 saturated carbocycles. The molecule has 3 rings (SSSR count). The summed E-state index contributed by atoms with van der Waals surface area (Å²) in [6, 6.07) is 21.6. The van der Waals surface area contributed by atoms with E-state index in [-0.39, 0.29) is 23.7 Å². The number of ketones is 1. The third-order valence-electron chi connectivity index (χ3n) is 5.60. The number of rotatable bonds is 11. The Morgan fingerprint density at radius 3 is 1.49 bits per heavy atom. The molecule has 0 amide bonds. The number of esters is 2. The topological polar surface area (TPSA) is 88.1 Å². The van der Waals surface area contributed by atoms with Gasteiger partial charge in [-0.3, -0.25) is 14.4 Å². The zero-order valence-electron chi connectivity index (χ0n) is 19.9. The highest BCUT2D eigenvalue weighted by molar-refractivity contribution is 6.00. The lowest BCUT2D eigenvalue weighted by Gasteiger charge is -2.23. The zero-order valence-corrected chi connectivity index (χ0v) is 19.9. The summed E-state index contributed by atoms with van der Waals surface area (Å²) in [5, 5.41) is 0. The van der Waals surface area contributed by atoms with Gasteiger partial charge in [-0.05, 0) is 54.4 Å². The maximum Gasteiger partial charge on any atom is 0.326 e. The van der Waals surface area contributed by atoms with E-state index in [2.05, 4.69) is 0 Å². The van der Waals surface area contributed by atoms with E-state index in [9.17, 15) is 14.4 Å². The van der Waals surface area contributed by atoms with Gasteiger partial charge in [0.2, 0.25) is 0 Å². The number of carbonyl (C=O) groups excluding carboxylic acids is 3. The van der Waals surface area contributed by atoms with Gasteiger partial charge in [0.25, 0.3) is 0 Å². The predicted octanol–water partition coefficient (Wildman–Crippen LogP) is 5.13. The normalized spacial score (nSPS) is 11.4. The van der Waals surface area contributed by atoms with Gasteiger partial charge in [0.15, 0.2) is 11.7 Å². The summed E-state index contributed by atoms with van der Waals surface area (Å²) >= 11 is 0. The number of hydrogen-bond donors (Lipinski definition) is 0. The molecule has 3 aromatic carbocycles. The summed E-state index contributed by atoms with van der Waals surface area (Å²) in [6.07, 6.45) is 0.374. The molecule has 0 aromatic heterocycles. The van der Waals surface area contributed by atoms with E-state index in [1.54, 1.807) is 72.8 Å². The number of hydrogen-bond acceptors (Lipinski definition) is 7. The molecule has 0 aliphatic rings. The Hall–Kier alpha value is -4.13. The average molecular weight is 477 g/mol. The molecule has 0 aliphatic heterocycles. The van der Waals surface area contributed by atoms with Crippen molar-refractivity contribution in [3.8, 4) is 23.0 Å². The molecule has 0 bridgehead atoms. The van der Waals surface area contributed by atoms with Crippen molar-refractivity contribution in [2.75, 3.05) is 14.2 Å². The van der Waals surface area contributed by atoms with E-state index in [1.165, 1.54) is 14.2 Å². The van der Waals surface area contributed by atoms with E-state index < -0.39 is 23.8 Å². The van der Waals surface area contributed by atoms with Crippen LogP contribution in [0.4, 0.5) is 0 Å². The number of methoxy groups -OCH3 is 2. The third-order valence-corrected chi connectivity index (χ3v) is 5.60. The quantitative estimate of drug-likeness (QED) is 0.164. The van der Waals surface area contributed by atoms with Crippen LogP contribution in [0.5, 0.6) is 23.0 Å². The minimum absolute atomic E-state index is 0.0133. The van der Waals surface area contributed by atoms with Crippen LogP contribution in [0.15, 0.2) is 78.9 Å². The van der Waals surface area contributed by atoms with Crippen molar-refractivity contribution in [3.63, 3.8) is 0 Å². The van der Waals surface area contributed by atoms with Crippen LogP contribution in [0.25, 0.3) is 0 Å². The molecule has 1 atom stereocenters. The first-order valence-corrected chi connectivity index (χ1v) is 11.2. The van der Waals surface area contributed by atoms with Crippen molar-refractivity contribution in [1.82, 2.24) is 0 Å². The first kappa shape index (κ1) is 25.5. The molecule has 0 N–H and O–H groups in total. The summed E-state index contributed by atoms with van der Waals surface area (Å²) in [7, 11) is 3.06. The molecular weight excluding hydrogens is 448 g/mol. The van der Waals surface area contributed by atoms with Gasteiger partial charge in [-0.1, -0.05) is 43.7 Å². The van der Waals surface area contributed by atoms with Crippen LogP contribution in [0.1, 0.15) is 30.1 Å². The van der Waals surface area contributed by atoms with Gasteiger partial charge < -0.3 is 18.9 Å². The number of ether oxygens (including phenoxy) is 4. The van der Waals surface area contributed by atoms with Crippen molar-refractivity contribution in [2.45, 2.75) is 19.8 Å². The number of carbonyl (C=O) groups is 3. The van der Waals surface area contributed by atoms with Gasteiger partial charge in [0.1, 0.15) is 23.0 Å². The standard InChI is InChI=1S/C28H28O7/c1-4-19(18-25(29)20-8-6-5-7-9-20)26(27(30)34-23-14-10-21(32-2)11-15-23)28(31)35-24-16-12-22(33-3)13-17-24/h5-17,19,26H,4,18H2,1-3H3/t19-/m1/s1. The van der Waals surface area contributed by atoms with Crippen molar-refractivity contribution >= 4 is 17.7 Å². The number of benzene rings is 3. The van der Waals surface area contributed by atoms with Crippen molar-refractivity contribution in [1.29, 1.82) is 0 Å². The Morgan fingerprint density at radius 2 is 1.09 bits per heavy atom. The van der Waals surface area contributed by atoms with Gasteiger partial charge in [-0.15, -0.1) is 0 Å².